The Morgan fingerprint density at radius 2 is 1.95 bits per heavy atom. The zero-order valence-corrected chi connectivity index (χ0v) is 12.1. The molecule has 2 aromatic rings. The fourth-order valence-electron chi connectivity index (χ4n) is 1.56. The van der Waals surface area contributed by atoms with Crippen LogP contribution in [0, 0.1) is 13.0 Å². The van der Waals surface area contributed by atoms with Gasteiger partial charge in [-0.2, -0.15) is 13.2 Å². The summed E-state index contributed by atoms with van der Waals surface area (Å²) in [5.41, 5.74) is 0.317. The summed E-state index contributed by atoms with van der Waals surface area (Å²) in [6.45, 7) is 5.39. The van der Waals surface area contributed by atoms with Gasteiger partial charge in [0.25, 0.3) is 0 Å². The molecule has 2 rings (SSSR count). The van der Waals surface area contributed by atoms with Gasteiger partial charge in [-0.05, 0) is 30.7 Å². The molecule has 0 atom stereocenters. The number of pyridine rings is 1. The van der Waals surface area contributed by atoms with Crippen LogP contribution in [0.15, 0.2) is 36.5 Å². The molecule has 5 heteroatoms. The van der Waals surface area contributed by atoms with Crippen LogP contribution in [0.4, 0.5) is 13.2 Å². The number of rotatable bonds is 2. The van der Waals surface area contributed by atoms with Crippen LogP contribution < -0.4 is 0 Å². The molecule has 19 heavy (non-hydrogen) atoms. The van der Waals surface area contributed by atoms with Gasteiger partial charge in [-0.1, -0.05) is 12.1 Å². The second kappa shape index (κ2) is 6.31. The van der Waals surface area contributed by atoms with Gasteiger partial charge in [0.2, 0.25) is 0 Å². The van der Waals surface area contributed by atoms with E-state index in [0.29, 0.717) is 16.8 Å². The third kappa shape index (κ3) is 3.88. The van der Waals surface area contributed by atoms with Gasteiger partial charge in [0.05, 0.1) is 0 Å². The molecule has 0 saturated heterocycles. The number of benzene rings is 1. The minimum Gasteiger partial charge on any atom is -0.305 e. The van der Waals surface area contributed by atoms with Crippen LogP contribution in [-0.2, 0) is 32.7 Å². The number of aromatic nitrogens is 1. The third-order valence-corrected chi connectivity index (χ3v) is 2.41. The Morgan fingerprint density at radius 1 is 1.21 bits per heavy atom. The molecular weight excluding hydrogens is 431 g/mol. The molecule has 0 aliphatic heterocycles. The maximum atomic E-state index is 12.7. The second-order valence-corrected chi connectivity index (χ2v) is 3.72. The summed E-state index contributed by atoms with van der Waals surface area (Å²) in [6.07, 6.45) is -2.88. The molecule has 0 aliphatic rings. The van der Waals surface area contributed by atoms with Crippen LogP contribution in [0.3, 0.4) is 0 Å². The minimum atomic E-state index is -4.40. The van der Waals surface area contributed by atoms with Gasteiger partial charge in [0.1, 0.15) is 0 Å². The first kappa shape index (κ1) is 15.9. The molecule has 0 fully saturated rings. The predicted molar refractivity (Wildman–Crippen MR) is 61.5 cm³/mol. The summed E-state index contributed by atoms with van der Waals surface area (Å²) in [4.78, 5) is 4.01. The largest absolute Gasteiger partial charge is 0.399 e. The van der Waals surface area contributed by atoms with Crippen molar-refractivity contribution in [3.63, 3.8) is 0 Å². The van der Waals surface area contributed by atoms with Crippen molar-refractivity contribution in [2.45, 2.75) is 12.6 Å². The number of halogens is 3. The van der Waals surface area contributed by atoms with E-state index in [0.717, 1.165) is 12.1 Å². The van der Waals surface area contributed by atoms with Gasteiger partial charge in [-0.15, -0.1) is 29.3 Å². The van der Waals surface area contributed by atoms with E-state index < -0.39 is 11.7 Å². The van der Waals surface area contributed by atoms with E-state index in [1.165, 1.54) is 6.20 Å². The van der Waals surface area contributed by atoms with E-state index >= 15 is 0 Å². The molecule has 0 saturated carbocycles. The van der Waals surface area contributed by atoms with E-state index in [9.17, 15) is 13.2 Å². The maximum absolute atomic E-state index is 12.7. The standard InChI is InChI=1S/C14H9F3N.Ir/c1-2-10-7-11(13-5-3-4-6-18-13)9-12(8-10)14(15,16)17;/h1,3-6,8-9H,2H2;/q-1;. The van der Waals surface area contributed by atoms with E-state index in [2.05, 4.69) is 11.1 Å². The molecule has 1 aromatic heterocycles. The Morgan fingerprint density at radius 3 is 2.47 bits per heavy atom. The molecule has 0 spiro atoms. The van der Waals surface area contributed by atoms with Gasteiger partial charge >= 0.3 is 6.18 Å². The quantitative estimate of drug-likeness (QED) is 0.648. The van der Waals surface area contributed by atoms with Crippen molar-refractivity contribution in [1.29, 1.82) is 0 Å². The van der Waals surface area contributed by atoms with Crippen molar-refractivity contribution in [2.24, 2.45) is 0 Å². The van der Waals surface area contributed by atoms with Crippen molar-refractivity contribution >= 4 is 0 Å². The predicted octanol–water partition coefficient (Wildman–Crippen LogP) is 3.82. The zero-order chi connectivity index (χ0) is 13.2. The van der Waals surface area contributed by atoms with Gasteiger partial charge in [-0.25, -0.2) is 0 Å². The van der Waals surface area contributed by atoms with Crippen LogP contribution in [0.2, 0.25) is 0 Å². The molecule has 0 unspecified atom stereocenters. The number of hydrogen-bond donors (Lipinski definition) is 0. The molecule has 0 aliphatic carbocycles. The average Bonchev–Trinajstić information content (AvgIpc) is 2.38. The first-order chi connectivity index (χ1) is 8.50. The molecular formula is C14H9F3IrN-. The van der Waals surface area contributed by atoms with Crippen LogP contribution >= 0.6 is 0 Å². The molecule has 3 radical (unpaired) electrons. The minimum absolute atomic E-state index is 0. The fraction of sp³-hybridized carbons (Fsp3) is 0.143. The Balaban J connectivity index is 0.00000180. The Bertz CT molecular complexity index is 538. The van der Waals surface area contributed by atoms with Gasteiger partial charge in [0, 0.05) is 26.3 Å². The average molecular weight is 440 g/mol. The molecule has 0 amide bonds. The Kier molecular flexibility index (Phi) is 5.27. The topological polar surface area (TPSA) is 12.9 Å². The van der Waals surface area contributed by atoms with Gasteiger partial charge in [-0.3, -0.25) is 0 Å². The normalized spacial score (nSPS) is 10.9. The first-order valence-corrected chi connectivity index (χ1v) is 5.25. The van der Waals surface area contributed by atoms with Crippen LogP contribution in [0.1, 0.15) is 11.1 Å². The number of alkyl halides is 3. The number of nitrogens with zero attached hydrogens (tertiary/aromatic N) is 1. The summed E-state index contributed by atoms with van der Waals surface area (Å²) in [6, 6.07) is 9.90. The monoisotopic (exact) mass is 441 g/mol. The summed E-state index contributed by atoms with van der Waals surface area (Å²) in [5.74, 6) is 0. The van der Waals surface area contributed by atoms with Crippen molar-refractivity contribution in [1.82, 2.24) is 4.98 Å². The van der Waals surface area contributed by atoms with Crippen molar-refractivity contribution in [2.75, 3.05) is 0 Å². The van der Waals surface area contributed by atoms with Crippen molar-refractivity contribution < 1.29 is 33.3 Å². The van der Waals surface area contributed by atoms with Gasteiger partial charge < -0.3 is 4.98 Å². The molecule has 1 heterocycles. The van der Waals surface area contributed by atoms with E-state index in [-0.39, 0.29) is 26.5 Å². The summed E-state index contributed by atoms with van der Waals surface area (Å²) >= 11 is 0. The van der Waals surface area contributed by atoms with E-state index in [4.69, 9.17) is 6.92 Å². The first-order valence-electron chi connectivity index (χ1n) is 5.25. The number of hydrogen-bond acceptors (Lipinski definition) is 1. The maximum Gasteiger partial charge on any atom is 0.399 e. The third-order valence-electron chi connectivity index (χ3n) is 2.41. The van der Waals surface area contributed by atoms with Crippen molar-refractivity contribution in [3.05, 3.63) is 60.6 Å². The SMILES string of the molecule is [CH]Cc1[c-]c(-c2ccccn2)cc(C(F)(F)F)c1.[Ir]. The van der Waals surface area contributed by atoms with Gasteiger partial charge in [0.15, 0.2) is 0 Å². The van der Waals surface area contributed by atoms with E-state index in [1.807, 2.05) is 0 Å². The van der Waals surface area contributed by atoms with Crippen LogP contribution in [-0.4, -0.2) is 4.98 Å². The second-order valence-electron chi connectivity index (χ2n) is 3.72. The summed E-state index contributed by atoms with van der Waals surface area (Å²) in [5, 5.41) is 0. The molecule has 0 N–H and O–H groups in total. The van der Waals surface area contributed by atoms with E-state index in [1.54, 1.807) is 18.2 Å². The smallest absolute Gasteiger partial charge is 0.305 e. The summed E-state index contributed by atoms with van der Waals surface area (Å²) < 4.78 is 38.2. The van der Waals surface area contributed by atoms with Crippen LogP contribution in [0.5, 0.6) is 0 Å². The Hall–Kier alpha value is -1.19. The zero-order valence-electron chi connectivity index (χ0n) is 9.66. The molecule has 1 aromatic carbocycles. The molecule has 0 bridgehead atoms. The van der Waals surface area contributed by atoms with Crippen LogP contribution in [0.25, 0.3) is 11.3 Å². The Labute approximate surface area is 123 Å². The van der Waals surface area contributed by atoms with Crippen molar-refractivity contribution in [3.8, 4) is 11.3 Å². The summed E-state index contributed by atoms with van der Waals surface area (Å²) in [7, 11) is 0. The molecule has 1 nitrogen and oxygen atoms in total. The molecule has 101 valence electrons. The fourth-order valence-corrected chi connectivity index (χ4v) is 1.56.